The van der Waals surface area contributed by atoms with Gasteiger partial charge in [-0.25, -0.2) is 9.97 Å². The zero-order chi connectivity index (χ0) is 11.4. The maximum absolute atomic E-state index is 5.13. The van der Waals surface area contributed by atoms with Crippen LogP contribution in [-0.2, 0) is 0 Å². The van der Waals surface area contributed by atoms with Crippen LogP contribution in [0.3, 0.4) is 0 Å². The van der Waals surface area contributed by atoms with E-state index in [1.807, 2.05) is 37.3 Å². The highest BCUT2D eigenvalue weighted by Gasteiger charge is 2.06. The highest BCUT2D eigenvalue weighted by molar-refractivity contribution is 5.60. The average Bonchev–Trinajstić information content (AvgIpc) is 2.33. The lowest BCUT2D eigenvalue weighted by Gasteiger charge is -2.09. The van der Waals surface area contributed by atoms with Crippen LogP contribution in [0.5, 0.6) is 5.88 Å². The fourth-order valence-corrected chi connectivity index (χ4v) is 1.42. The van der Waals surface area contributed by atoms with Gasteiger partial charge in [0.2, 0.25) is 5.88 Å². The number of benzene rings is 1. The summed E-state index contributed by atoms with van der Waals surface area (Å²) in [6.07, 6.45) is 1.48. The molecule has 2 aromatic rings. The number of nitrogens with zero attached hydrogens (tertiary/aromatic N) is 2. The highest BCUT2D eigenvalue weighted by Crippen LogP contribution is 2.22. The molecule has 0 atom stereocenters. The summed E-state index contributed by atoms with van der Waals surface area (Å²) in [6, 6.07) is 9.87. The summed E-state index contributed by atoms with van der Waals surface area (Å²) in [5, 5.41) is 3.22. The van der Waals surface area contributed by atoms with E-state index >= 15 is 0 Å². The van der Waals surface area contributed by atoms with Gasteiger partial charge in [-0.05, 0) is 19.1 Å². The van der Waals surface area contributed by atoms with E-state index in [-0.39, 0.29) is 0 Å². The van der Waals surface area contributed by atoms with Crippen molar-refractivity contribution in [3.05, 3.63) is 42.2 Å². The van der Waals surface area contributed by atoms with Gasteiger partial charge in [-0.1, -0.05) is 18.2 Å². The van der Waals surface area contributed by atoms with Crippen molar-refractivity contribution in [2.45, 2.75) is 6.92 Å². The van der Waals surface area contributed by atoms with E-state index in [0.29, 0.717) is 5.88 Å². The van der Waals surface area contributed by atoms with E-state index in [0.717, 1.165) is 17.1 Å². The number of hydrogen-bond donors (Lipinski definition) is 1. The summed E-state index contributed by atoms with van der Waals surface area (Å²) in [7, 11) is 1.60. The van der Waals surface area contributed by atoms with E-state index in [2.05, 4.69) is 15.3 Å². The molecule has 0 unspecified atom stereocenters. The van der Waals surface area contributed by atoms with Crippen LogP contribution in [0.15, 0.2) is 36.7 Å². The van der Waals surface area contributed by atoms with Crippen molar-refractivity contribution in [3.8, 4) is 5.88 Å². The number of rotatable bonds is 3. The lowest BCUT2D eigenvalue weighted by atomic mass is 10.3. The van der Waals surface area contributed by atoms with Gasteiger partial charge >= 0.3 is 0 Å². The Kier molecular flexibility index (Phi) is 3.00. The van der Waals surface area contributed by atoms with Gasteiger partial charge < -0.3 is 10.1 Å². The zero-order valence-electron chi connectivity index (χ0n) is 9.27. The molecule has 1 aromatic carbocycles. The first-order chi connectivity index (χ1) is 7.81. The number of para-hydroxylation sites is 1. The first-order valence-electron chi connectivity index (χ1n) is 4.99. The van der Waals surface area contributed by atoms with Gasteiger partial charge in [0.05, 0.1) is 12.7 Å². The van der Waals surface area contributed by atoms with Crippen molar-refractivity contribution in [1.82, 2.24) is 9.97 Å². The van der Waals surface area contributed by atoms with Gasteiger partial charge in [0, 0.05) is 5.69 Å². The Bertz CT molecular complexity index is 471. The van der Waals surface area contributed by atoms with Crippen LogP contribution in [-0.4, -0.2) is 17.1 Å². The summed E-state index contributed by atoms with van der Waals surface area (Å²) in [5.41, 5.74) is 1.89. The zero-order valence-corrected chi connectivity index (χ0v) is 9.27. The van der Waals surface area contributed by atoms with Gasteiger partial charge in [-0.15, -0.1) is 0 Å². The molecule has 0 aliphatic rings. The van der Waals surface area contributed by atoms with Crippen LogP contribution in [0.4, 0.5) is 11.5 Å². The molecule has 0 aliphatic heterocycles. The summed E-state index contributed by atoms with van der Waals surface area (Å²) >= 11 is 0. The van der Waals surface area contributed by atoms with Gasteiger partial charge in [0.25, 0.3) is 0 Å². The third kappa shape index (κ3) is 2.11. The molecule has 0 spiro atoms. The van der Waals surface area contributed by atoms with Crippen LogP contribution in [0.25, 0.3) is 0 Å². The molecule has 1 aromatic heterocycles. The minimum absolute atomic E-state index is 0.591. The first-order valence-corrected chi connectivity index (χ1v) is 4.99. The smallest absolute Gasteiger partial charge is 0.221 e. The quantitative estimate of drug-likeness (QED) is 0.854. The van der Waals surface area contributed by atoms with Gasteiger partial charge in [-0.2, -0.15) is 0 Å². The predicted octanol–water partition coefficient (Wildman–Crippen LogP) is 2.54. The van der Waals surface area contributed by atoms with Gasteiger partial charge in [0.1, 0.15) is 12.1 Å². The Morgan fingerprint density at radius 1 is 1.12 bits per heavy atom. The standard InChI is InChI=1S/C12H13N3O/c1-9-11(13-8-14-12(9)16-2)15-10-6-4-3-5-7-10/h3-8H,1-2H3,(H,13,14,15). The Labute approximate surface area is 94.3 Å². The SMILES string of the molecule is COc1ncnc(Nc2ccccc2)c1C. The fourth-order valence-electron chi connectivity index (χ4n) is 1.42. The largest absolute Gasteiger partial charge is 0.481 e. The molecule has 0 bridgehead atoms. The van der Waals surface area contributed by atoms with Crippen molar-refractivity contribution in [1.29, 1.82) is 0 Å². The monoisotopic (exact) mass is 215 g/mol. The molecule has 0 radical (unpaired) electrons. The number of aromatic nitrogens is 2. The Balaban J connectivity index is 2.28. The number of nitrogens with one attached hydrogen (secondary N) is 1. The Morgan fingerprint density at radius 2 is 1.88 bits per heavy atom. The van der Waals surface area contributed by atoms with Crippen molar-refractivity contribution in [3.63, 3.8) is 0 Å². The van der Waals surface area contributed by atoms with E-state index in [4.69, 9.17) is 4.74 Å². The van der Waals surface area contributed by atoms with Gasteiger partial charge in [0.15, 0.2) is 0 Å². The first kappa shape index (κ1) is 10.4. The van der Waals surface area contributed by atoms with Crippen molar-refractivity contribution < 1.29 is 4.74 Å². The van der Waals surface area contributed by atoms with Crippen LogP contribution in [0, 0.1) is 6.92 Å². The molecular formula is C12H13N3O. The van der Waals surface area contributed by atoms with Crippen LogP contribution < -0.4 is 10.1 Å². The minimum Gasteiger partial charge on any atom is -0.481 e. The molecule has 1 N–H and O–H groups in total. The van der Waals surface area contributed by atoms with Crippen molar-refractivity contribution in [2.24, 2.45) is 0 Å². The van der Waals surface area contributed by atoms with E-state index in [9.17, 15) is 0 Å². The summed E-state index contributed by atoms with van der Waals surface area (Å²) in [4.78, 5) is 8.21. The Morgan fingerprint density at radius 3 is 2.56 bits per heavy atom. The number of methoxy groups -OCH3 is 1. The van der Waals surface area contributed by atoms with Crippen LogP contribution >= 0.6 is 0 Å². The molecule has 4 nitrogen and oxygen atoms in total. The number of hydrogen-bond acceptors (Lipinski definition) is 4. The maximum Gasteiger partial charge on any atom is 0.221 e. The minimum atomic E-state index is 0.591. The molecule has 1 heterocycles. The molecule has 4 heteroatoms. The fraction of sp³-hybridized carbons (Fsp3) is 0.167. The molecule has 0 fully saturated rings. The molecule has 0 amide bonds. The molecular weight excluding hydrogens is 202 g/mol. The molecule has 16 heavy (non-hydrogen) atoms. The lowest BCUT2D eigenvalue weighted by molar-refractivity contribution is 0.394. The topological polar surface area (TPSA) is 47.0 Å². The van der Waals surface area contributed by atoms with E-state index in [1.54, 1.807) is 7.11 Å². The second kappa shape index (κ2) is 4.61. The summed E-state index contributed by atoms with van der Waals surface area (Å²) < 4.78 is 5.13. The number of anilines is 2. The molecule has 82 valence electrons. The normalized spacial score (nSPS) is 9.88. The van der Waals surface area contributed by atoms with Gasteiger partial charge in [-0.3, -0.25) is 0 Å². The maximum atomic E-state index is 5.13. The molecule has 0 saturated heterocycles. The third-order valence-corrected chi connectivity index (χ3v) is 2.27. The highest BCUT2D eigenvalue weighted by atomic mass is 16.5. The average molecular weight is 215 g/mol. The summed E-state index contributed by atoms with van der Waals surface area (Å²) in [5.74, 6) is 1.35. The summed E-state index contributed by atoms with van der Waals surface area (Å²) in [6.45, 7) is 1.92. The number of ether oxygens (including phenoxy) is 1. The van der Waals surface area contributed by atoms with E-state index in [1.165, 1.54) is 6.33 Å². The molecule has 2 rings (SSSR count). The van der Waals surface area contributed by atoms with Crippen molar-refractivity contribution in [2.75, 3.05) is 12.4 Å². The van der Waals surface area contributed by atoms with E-state index < -0.39 is 0 Å². The second-order valence-corrected chi connectivity index (χ2v) is 3.35. The lowest BCUT2D eigenvalue weighted by Crippen LogP contribution is -2.00. The van der Waals surface area contributed by atoms with Crippen molar-refractivity contribution >= 4 is 11.5 Å². The Hall–Kier alpha value is -2.10. The molecule has 0 aliphatic carbocycles. The molecule has 0 saturated carbocycles. The predicted molar refractivity (Wildman–Crippen MR) is 63.0 cm³/mol. The van der Waals surface area contributed by atoms with Crippen LogP contribution in [0.2, 0.25) is 0 Å². The second-order valence-electron chi connectivity index (χ2n) is 3.35. The van der Waals surface area contributed by atoms with Crippen LogP contribution in [0.1, 0.15) is 5.56 Å². The third-order valence-electron chi connectivity index (χ3n) is 2.27.